The van der Waals surface area contributed by atoms with Crippen LogP contribution in [-0.4, -0.2) is 24.3 Å². The summed E-state index contributed by atoms with van der Waals surface area (Å²) >= 11 is 0. The van der Waals surface area contributed by atoms with Gasteiger partial charge in [0.1, 0.15) is 23.2 Å². The summed E-state index contributed by atoms with van der Waals surface area (Å²) < 4.78 is 10.7. The molecule has 0 saturated heterocycles. The van der Waals surface area contributed by atoms with Crippen LogP contribution in [0.1, 0.15) is 29.6 Å². The first kappa shape index (κ1) is 12.5. The molecular formula is C14H16O4. The Balaban J connectivity index is 2.23. The molecule has 1 aliphatic carbocycles. The van der Waals surface area contributed by atoms with E-state index in [1.54, 1.807) is 12.1 Å². The van der Waals surface area contributed by atoms with Crippen molar-refractivity contribution in [2.45, 2.75) is 25.4 Å². The van der Waals surface area contributed by atoms with E-state index < -0.39 is 5.97 Å². The fourth-order valence-corrected chi connectivity index (χ4v) is 1.95. The van der Waals surface area contributed by atoms with Crippen LogP contribution in [0.25, 0.3) is 0 Å². The van der Waals surface area contributed by atoms with Crippen molar-refractivity contribution < 1.29 is 19.4 Å². The van der Waals surface area contributed by atoms with E-state index in [0.717, 1.165) is 19.3 Å². The second-order valence-corrected chi connectivity index (χ2v) is 4.18. The topological polar surface area (TPSA) is 55.8 Å². The fraction of sp³-hybridized carbons (Fsp3) is 0.357. The lowest BCUT2D eigenvalue weighted by atomic mass is 10.1. The van der Waals surface area contributed by atoms with Gasteiger partial charge in [-0.15, -0.1) is 0 Å². The van der Waals surface area contributed by atoms with Crippen molar-refractivity contribution in [2.24, 2.45) is 0 Å². The van der Waals surface area contributed by atoms with Gasteiger partial charge in [-0.25, -0.2) is 4.79 Å². The fourth-order valence-electron chi connectivity index (χ4n) is 1.95. The van der Waals surface area contributed by atoms with Gasteiger partial charge < -0.3 is 14.6 Å². The third-order valence-corrected chi connectivity index (χ3v) is 2.91. The van der Waals surface area contributed by atoms with Gasteiger partial charge >= 0.3 is 5.97 Å². The van der Waals surface area contributed by atoms with Crippen LogP contribution in [-0.2, 0) is 0 Å². The maximum absolute atomic E-state index is 11.2. The normalized spacial score (nSPS) is 18.4. The first-order valence-electron chi connectivity index (χ1n) is 5.95. The number of aromatic carboxylic acids is 1. The van der Waals surface area contributed by atoms with E-state index >= 15 is 0 Å². The summed E-state index contributed by atoms with van der Waals surface area (Å²) in [5, 5.41) is 9.16. The Morgan fingerprint density at radius 3 is 2.89 bits per heavy atom. The van der Waals surface area contributed by atoms with Crippen LogP contribution in [0.15, 0.2) is 30.4 Å². The van der Waals surface area contributed by atoms with Crippen LogP contribution >= 0.6 is 0 Å². The molecule has 1 atom stereocenters. The number of methoxy groups -OCH3 is 1. The average Bonchev–Trinajstić information content (AvgIpc) is 2.40. The van der Waals surface area contributed by atoms with Gasteiger partial charge in [-0.05, 0) is 43.5 Å². The molecule has 0 spiro atoms. The number of hydrogen-bond acceptors (Lipinski definition) is 3. The van der Waals surface area contributed by atoms with Gasteiger partial charge in [-0.2, -0.15) is 0 Å². The first-order valence-corrected chi connectivity index (χ1v) is 5.95. The molecule has 4 nitrogen and oxygen atoms in total. The van der Waals surface area contributed by atoms with Gasteiger partial charge in [0.25, 0.3) is 0 Å². The van der Waals surface area contributed by atoms with E-state index in [1.165, 1.54) is 13.2 Å². The van der Waals surface area contributed by atoms with Gasteiger partial charge in [-0.3, -0.25) is 0 Å². The van der Waals surface area contributed by atoms with E-state index in [1.807, 2.05) is 6.08 Å². The van der Waals surface area contributed by atoms with Crippen molar-refractivity contribution in [3.63, 3.8) is 0 Å². The number of carbonyl (C=O) groups is 1. The van der Waals surface area contributed by atoms with Crippen molar-refractivity contribution in [1.82, 2.24) is 0 Å². The summed E-state index contributed by atoms with van der Waals surface area (Å²) in [4.78, 5) is 11.2. The Bertz CT molecular complexity index is 465. The minimum Gasteiger partial charge on any atom is -0.497 e. The van der Waals surface area contributed by atoms with Gasteiger partial charge in [0, 0.05) is 0 Å². The van der Waals surface area contributed by atoms with Crippen molar-refractivity contribution >= 4 is 5.97 Å². The molecule has 0 aliphatic heterocycles. The van der Waals surface area contributed by atoms with Crippen molar-refractivity contribution in [1.29, 1.82) is 0 Å². The summed E-state index contributed by atoms with van der Waals surface area (Å²) in [5.74, 6) is -0.109. The molecule has 0 amide bonds. The lowest BCUT2D eigenvalue weighted by Crippen LogP contribution is -2.17. The van der Waals surface area contributed by atoms with Gasteiger partial charge in [0.15, 0.2) is 0 Å². The predicted octanol–water partition coefficient (Wildman–Crippen LogP) is 2.88. The molecule has 4 heteroatoms. The summed E-state index contributed by atoms with van der Waals surface area (Å²) in [5.41, 5.74) is 0.133. The van der Waals surface area contributed by atoms with Crippen molar-refractivity contribution in [2.75, 3.05) is 7.11 Å². The van der Waals surface area contributed by atoms with Crippen LogP contribution in [0.2, 0.25) is 0 Å². The molecule has 0 saturated carbocycles. The lowest BCUT2D eigenvalue weighted by Gasteiger charge is -2.19. The highest BCUT2D eigenvalue weighted by Crippen LogP contribution is 2.27. The molecule has 0 radical (unpaired) electrons. The van der Waals surface area contributed by atoms with E-state index in [9.17, 15) is 4.79 Å². The van der Waals surface area contributed by atoms with Crippen LogP contribution in [0.5, 0.6) is 11.5 Å². The highest BCUT2D eigenvalue weighted by atomic mass is 16.5. The molecule has 0 bridgehead atoms. The molecule has 18 heavy (non-hydrogen) atoms. The lowest BCUT2D eigenvalue weighted by molar-refractivity contribution is 0.0690. The highest BCUT2D eigenvalue weighted by molar-refractivity contribution is 5.91. The Morgan fingerprint density at radius 2 is 2.28 bits per heavy atom. The number of carboxylic acid groups (broad SMARTS) is 1. The van der Waals surface area contributed by atoms with Gasteiger partial charge in [0.2, 0.25) is 0 Å². The van der Waals surface area contributed by atoms with Crippen LogP contribution < -0.4 is 9.47 Å². The Morgan fingerprint density at radius 1 is 1.44 bits per heavy atom. The zero-order chi connectivity index (χ0) is 13.0. The molecule has 2 rings (SSSR count). The molecule has 1 N–H and O–H groups in total. The minimum atomic E-state index is -1.01. The molecular weight excluding hydrogens is 232 g/mol. The number of carboxylic acids is 1. The SMILES string of the molecule is COc1ccc(OC2C=CCCC2)c(C(=O)O)c1. The molecule has 0 aromatic heterocycles. The van der Waals surface area contributed by atoms with Crippen molar-refractivity contribution in [3.05, 3.63) is 35.9 Å². The molecule has 1 aliphatic rings. The minimum absolute atomic E-state index is 0.0368. The summed E-state index contributed by atoms with van der Waals surface area (Å²) in [6.07, 6.45) is 7.07. The second-order valence-electron chi connectivity index (χ2n) is 4.18. The largest absolute Gasteiger partial charge is 0.497 e. The number of hydrogen-bond donors (Lipinski definition) is 1. The molecule has 0 fully saturated rings. The maximum Gasteiger partial charge on any atom is 0.339 e. The van der Waals surface area contributed by atoms with E-state index in [2.05, 4.69) is 6.08 Å². The van der Waals surface area contributed by atoms with Crippen LogP contribution in [0.4, 0.5) is 0 Å². The van der Waals surface area contributed by atoms with Gasteiger partial charge in [-0.1, -0.05) is 6.08 Å². The third-order valence-electron chi connectivity index (χ3n) is 2.91. The monoisotopic (exact) mass is 248 g/mol. The second kappa shape index (κ2) is 5.58. The Labute approximate surface area is 106 Å². The van der Waals surface area contributed by atoms with Crippen LogP contribution in [0, 0.1) is 0 Å². The summed E-state index contributed by atoms with van der Waals surface area (Å²) in [6.45, 7) is 0. The summed E-state index contributed by atoms with van der Waals surface area (Å²) in [6, 6.07) is 4.82. The Kier molecular flexibility index (Phi) is 3.87. The number of rotatable bonds is 4. The molecule has 1 aromatic carbocycles. The zero-order valence-electron chi connectivity index (χ0n) is 10.3. The number of ether oxygens (including phenoxy) is 2. The standard InChI is InChI=1S/C14H16O4/c1-17-11-7-8-13(12(9-11)14(15)16)18-10-5-3-2-4-6-10/h3,5,7-10H,2,4,6H2,1H3,(H,15,16). The number of benzene rings is 1. The predicted molar refractivity (Wildman–Crippen MR) is 67.4 cm³/mol. The Hall–Kier alpha value is -1.97. The van der Waals surface area contributed by atoms with Crippen molar-refractivity contribution in [3.8, 4) is 11.5 Å². The quantitative estimate of drug-likeness (QED) is 0.832. The van der Waals surface area contributed by atoms with E-state index in [4.69, 9.17) is 14.6 Å². The average molecular weight is 248 g/mol. The molecule has 96 valence electrons. The molecule has 1 unspecified atom stereocenters. The highest BCUT2D eigenvalue weighted by Gasteiger charge is 2.17. The third kappa shape index (κ3) is 2.83. The molecule has 0 heterocycles. The van der Waals surface area contributed by atoms with Crippen LogP contribution in [0.3, 0.4) is 0 Å². The number of allylic oxidation sites excluding steroid dienone is 1. The maximum atomic E-state index is 11.2. The first-order chi connectivity index (χ1) is 8.70. The van der Waals surface area contributed by atoms with Gasteiger partial charge in [0.05, 0.1) is 7.11 Å². The van der Waals surface area contributed by atoms with E-state index in [-0.39, 0.29) is 11.7 Å². The summed E-state index contributed by atoms with van der Waals surface area (Å²) in [7, 11) is 1.51. The zero-order valence-corrected chi connectivity index (χ0v) is 10.3. The molecule has 1 aromatic rings. The smallest absolute Gasteiger partial charge is 0.339 e. The van der Waals surface area contributed by atoms with E-state index in [0.29, 0.717) is 11.5 Å².